The van der Waals surface area contributed by atoms with Crippen LogP contribution in [0.1, 0.15) is 26.3 Å². The van der Waals surface area contributed by atoms with Gasteiger partial charge in [-0.25, -0.2) is 19.7 Å². The van der Waals surface area contributed by atoms with Crippen molar-refractivity contribution >= 4 is 34.7 Å². The number of benzene rings is 1. The molecule has 10 nitrogen and oxygen atoms in total. The van der Waals surface area contributed by atoms with Crippen LogP contribution in [-0.2, 0) is 11.3 Å². The highest BCUT2D eigenvalue weighted by atomic mass is 16.6. The van der Waals surface area contributed by atoms with Gasteiger partial charge in [-0.1, -0.05) is 6.07 Å². The Morgan fingerprint density at radius 1 is 1.00 bits per heavy atom. The standard InChI is InChI=1S/C29H36N8O2/c1-29(2,3)39-28(38)37-14-12-36(13-15-37)19-20-8-10-30-25(16-20)34-27-32-23-7-6-21(17-24(23)33-27)22-9-11-31-26(18-22)35(4)5/h6-11,16-18H,12-15,19H2,1-5H3,(H2,30,32,33,34). The molecule has 1 amide bonds. The lowest BCUT2D eigenvalue weighted by molar-refractivity contribution is 0.0139. The molecule has 0 aliphatic carbocycles. The Morgan fingerprint density at radius 3 is 2.49 bits per heavy atom. The lowest BCUT2D eigenvalue weighted by Gasteiger charge is -2.35. The molecule has 3 aromatic heterocycles. The van der Waals surface area contributed by atoms with Gasteiger partial charge in [0.15, 0.2) is 0 Å². The zero-order chi connectivity index (χ0) is 27.6. The molecule has 39 heavy (non-hydrogen) atoms. The number of rotatable bonds is 6. The van der Waals surface area contributed by atoms with Gasteiger partial charge >= 0.3 is 6.09 Å². The average molecular weight is 529 g/mol. The van der Waals surface area contributed by atoms with Crippen molar-refractivity contribution in [2.24, 2.45) is 0 Å². The summed E-state index contributed by atoms with van der Waals surface area (Å²) in [7, 11) is 3.97. The number of imidazole rings is 1. The third kappa shape index (κ3) is 6.64. The van der Waals surface area contributed by atoms with Crippen LogP contribution in [0, 0.1) is 0 Å². The van der Waals surface area contributed by atoms with Crippen molar-refractivity contribution in [3.8, 4) is 11.1 Å². The number of hydrogen-bond acceptors (Lipinski definition) is 8. The Morgan fingerprint density at radius 2 is 1.74 bits per heavy atom. The molecule has 0 bridgehead atoms. The molecule has 1 aromatic carbocycles. The molecule has 2 N–H and O–H groups in total. The maximum atomic E-state index is 12.3. The molecule has 0 spiro atoms. The van der Waals surface area contributed by atoms with E-state index in [-0.39, 0.29) is 6.09 Å². The molecule has 0 radical (unpaired) electrons. The Hall–Kier alpha value is -4.18. The molecule has 4 aromatic rings. The summed E-state index contributed by atoms with van der Waals surface area (Å²) >= 11 is 0. The van der Waals surface area contributed by atoms with Crippen LogP contribution >= 0.6 is 0 Å². The van der Waals surface area contributed by atoms with E-state index in [1.54, 1.807) is 11.1 Å². The summed E-state index contributed by atoms with van der Waals surface area (Å²) in [6.07, 6.45) is 3.39. The molecular formula is C29H36N8O2. The van der Waals surface area contributed by atoms with Crippen molar-refractivity contribution in [3.05, 3.63) is 60.4 Å². The lowest BCUT2D eigenvalue weighted by atomic mass is 10.1. The van der Waals surface area contributed by atoms with Crippen LogP contribution in [0.5, 0.6) is 0 Å². The van der Waals surface area contributed by atoms with Crippen molar-refractivity contribution in [2.75, 3.05) is 50.5 Å². The first-order valence-electron chi connectivity index (χ1n) is 13.2. The summed E-state index contributed by atoms with van der Waals surface area (Å²) in [5.41, 5.74) is 4.67. The van der Waals surface area contributed by atoms with E-state index >= 15 is 0 Å². The van der Waals surface area contributed by atoms with Crippen molar-refractivity contribution < 1.29 is 9.53 Å². The number of nitrogens with zero attached hydrogens (tertiary/aromatic N) is 6. The third-order valence-corrected chi connectivity index (χ3v) is 6.52. The zero-order valence-electron chi connectivity index (χ0n) is 23.2. The topological polar surface area (TPSA) is 103 Å². The molecule has 0 atom stereocenters. The van der Waals surface area contributed by atoms with Gasteiger partial charge in [0.1, 0.15) is 17.2 Å². The number of ether oxygens (including phenoxy) is 1. The summed E-state index contributed by atoms with van der Waals surface area (Å²) in [5.74, 6) is 2.28. The number of amides is 1. The molecule has 10 heteroatoms. The number of H-pyrrole nitrogens is 1. The molecule has 0 unspecified atom stereocenters. The summed E-state index contributed by atoms with van der Waals surface area (Å²) in [4.78, 5) is 35.4. The van der Waals surface area contributed by atoms with Crippen molar-refractivity contribution in [1.82, 2.24) is 29.7 Å². The van der Waals surface area contributed by atoms with Gasteiger partial charge in [-0.05, 0) is 73.9 Å². The second-order valence-corrected chi connectivity index (χ2v) is 11.0. The van der Waals surface area contributed by atoms with Crippen LogP contribution < -0.4 is 10.2 Å². The molecular weight excluding hydrogens is 492 g/mol. The number of piperazine rings is 1. The Labute approximate surface area is 229 Å². The number of pyridine rings is 2. The van der Waals surface area contributed by atoms with E-state index in [1.807, 2.05) is 70.2 Å². The Bertz CT molecular complexity index is 1450. The average Bonchev–Trinajstić information content (AvgIpc) is 3.30. The van der Waals surface area contributed by atoms with Crippen LogP contribution in [-0.4, -0.2) is 81.7 Å². The second kappa shape index (κ2) is 10.9. The van der Waals surface area contributed by atoms with Crippen LogP contribution in [0.15, 0.2) is 54.9 Å². The predicted molar refractivity (Wildman–Crippen MR) is 154 cm³/mol. The minimum Gasteiger partial charge on any atom is -0.444 e. The monoisotopic (exact) mass is 528 g/mol. The van der Waals surface area contributed by atoms with Crippen molar-refractivity contribution in [3.63, 3.8) is 0 Å². The van der Waals surface area contributed by atoms with Crippen LogP contribution in [0.3, 0.4) is 0 Å². The molecule has 4 heterocycles. The highest BCUT2D eigenvalue weighted by Crippen LogP contribution is 2.27. The summed E-state index contributed by atoms with van der Waals surface area (Å²) in [5, 5.41) is 3.32. The fourth-order valence-electron chi connectivity index (χ4n) is 4.53. The number of anilines is 3. The maximum Gasteiger partial charge on any atom is 0.410 e. The van der Waals surface area contributed by atoms with Crippen LogP contribution in [0.2, 0.25) is 0 Å². The minimum atomic E-state index is -0.480. The van der Waals surface area contributed by atoms with Gasteiger partial charge in [-0.3, -0.25) is 4.90 Å². The molecule has 5 rings (SSSR count). The van der Waals surface area contributed by atoms with Crippen molar-refractivity contribution in [1.29, 1.82) is 0 Å². The maximum absolute atomic E-state index is 12.3. The Balaban J connectivity index is 1.22. The first-order valence-corrected chi connectivity index (χ1v) is 13.2. The first kappa shape index (κ1) is 26.4. The van der Waals surface area contributed by atoms with E-state index in [2.05, 4.69) is 43.4 Å². The largest absolute Gasteiger partial charge is 0.444 e. The third-order valence-electron chi connectivity index (χ3n) is 6.52. The fraction of sp³-hybridized carbons (Fsp3) is 0.379. The number of aromatic amines is 1. The van der Waals surface area contributed by atoms with E-state index in [0.717, 1.165) is 59.0 Å². The van der Waals surface area contributed by atoms with Crippen LogP contribution in [0.4, 0.5) is 22.4 Å². The quantitative estimate of drug-likeness (QED) is 0.365. The normalized spacial score (nSPS) is 14.4. The summed E-state index contributed by atoms with van der Waals surface area (Å²) in [6, 6.07) is 14.3. The van der Waals surface area contributed by atoms with Crippen molar-refractivity contribution in [2.45, 2.75) is 32.9 Å². The first-order chi connectivity index (χ1) is 18.6. The number of nitrogens with one attached hydrogen (secondary N) is 2. The van der Waals surface area contributed by atoms with Gasteiger partial charge in [0.05, 0.1) is 11.0 Å². The molecule has 1 aliphatic rings. The lowest BCUT2D eigenvalue weighted by Crippen LogP contribution is -2.49. The predicted octanol–water partition coefficient (Wildman–Crippen LogP) is 4.88. The highest BCUT2D eigenvalue weighted by molar-refractivity contribution is 5.84. The molecule has 0 saturated carbocycles. The van der Waals surface area contributed by atoms with Gasteiger partial charge in [0.25, 0.3) is 0 Å². The van der Waals surface area contributed by atoms with Gasteiger partial charge < -0.3 is 24.8 Å². The molecule has 1 aliphatic heterocycles. The van der Waals surface area contributed by atoms with E-state index < -0.39 is 5.60 Å². The minimum absolute atomic E-state index is 0.241. The number of carbonyl (C=O) groups excluding carboxylic acids is 1. The van der Waals surface area contributed by atoms with Gasteiger partial charge in [0.2, 0.25) is 5.95 Å². The smallest absolute Gasteiger partial charge is 0.410 e. The van der Waals surface area contributed by atoms with E-state index in [0.29, 0.717) is 19.0 Å². The highest BCUT2D eigenvalue weighted by Gasteiger charge is 2.25. The molecule has 204 valence electrons. The molecule has 1 fully saturated rings. The van der Waals surface area contributed by atoms with E-state index in [1.165, 1.54) is 0 Å². The van der Waals surface area contributed by atoms with Crippen LogP contribution in [0.25, 0.3) is 22.2 Å². The SMILES string of the molecule is CN(C)c1cc(-c2ccc3nc(Nc4cc(CN5CCN(C(=O)OC(C)(C)C)CC5)ccn4)[nH]c3c2)ccn1. The van der Waals surface area contributed by atoms with E-state index in [4.69, 9.17) is 9.72 Å². The number of aromatic nitrogens is 4. The number of hydrogen-bond donors (Lipinski definition) is 2. The van der Waals surface area contributed by atoms with Gasteiger partial charge in [0, 0.05) is 59.2 Å². The number of carbonyl (C=O) groups is 1. The van der Waals surface area contributed by atoms with Gasteiger partial charge in [-0.15, -0.1) is 0 Å². The number of fused-ring (bicyclic) bond motifs is 1. The Kier molecular flexibility index (Phi) is 7.38. The molecule has 1 saturated heterocycles. The summed E-state index contributed by atoms with van der Waals surface area (Å²) < 4.78 is 5.51. The van der Waals surface area contributed by atoms with Gasteiger partial charge in [-0.2, -0.15) is 0 Å². The fourth-order valence-corrected chi connectivity index (χ4v) is 4.53. The second-order valence-electron chi connectivity index (χ2n) is 11.0. The van der Waals surface area contributed by atoms with E-state index in [9.17, 15) is 4.79 Å². The summed E-state index contributed by atoms with van der Waals surface area (Å²) in [6.45, 7) is 9.36. The zero-order valence-corrected chi connectivity index (χ0v) is 23.2.